The van der Waals surface area contributed by atoms with Crippen LogP contribution in [0.25, 0.3) is 0 Å². The van der Waals surface area contributed by atoms with Crippen LogP contribution in [-0.2, 0) is 11.3 Å². The van der Waals surface area contributed by atoms with Gasteiger partial charge >= 0.3 is 6.09 Å². The Morgan fingerprint density at radius 3 is 2.62 bits per heavy atom. The molecule has 1 amide bonds. The summed E-state index contributed by atoms with van der Waals surface area (Å²) < 4.78 is 5.23. The zero-order chi connectivity index (χ0) is 15.7. The molecule has 0 saturated carbocycles. The maximum absolute atomic E-state index is 11.9. The molecule has 0 spiro atoms. The van der Waals surface area contributed by atoms with Crippen molar-refractivity contribution in [2.24, 2.45) is 5.92 Å². The van der Waals surface area contributed by atoms with E-state index < -0.39 is 6.09 Å². The molecule has 0 fully saturated rings. The zero-order valence-corrected chi connectivity index (χ0v) is 13.5. The van der Waals surface area contributed by atoms with Gasteiger partial charge in [-0.2, -0.15) is 0 Å². The highest BCUT2D eigenvalue weighted by Gasteiger charge is 2.22. The minimum atomic E-state index is -0.431. The molecule has 1 rings (SSSR count). The van der Waals surface area contributed by atoms with Crippen molar-refractivity contribution in [1.82, 2.24) is 5.32 Å². The van der Waals surface area contributed by atoms with Crippen LogP contribution in [0.2, 0.25) is 0 Å². The predicted octanol–water partition coefficient (Wildman–Crippen LogP) is 4.51. The topological polar surface area (TPSA) is 38.3 Å². The second-order valence-corrected chi connectivity index (χ2v) is 6.04. The van der Waals surface area contributed by atoms with Crippen LogP contribution in [0, 0.1) is 5.92 Å². The molecule has 0 saturated heterocycles. The molecule has 0 radical (unpaired) electrons. The second-order valence-electron chi connectivity index (χ2n) is 5.48. The molecule has 1 aromatic rings. The molecule has 0 unspecified atom stereocenters. The maximum Gasteiger partial charge on any atom is 0.407 e. The fourth-order valence-electron chi connectivity index (χ4n) is 2.04. The number of ether oxygens (including phenoxy) is 1. The highest BCUT2D eigenvalue weighted by Crippen LogP contribution is 2.16. The number of alkyl carbamates (subject to hydrolysis) is 1. The molecular weight excluding hydrogens is 286 g/mol. The SMILES string of the molecule is C=CC[C@@H](Cl)[C@@H](CC(C)C)NC(=O)OCc1ccccc1. The number of nitrogens with one attached hydrogen (secondary N) is 1. The van der Waals surface area contributed by atoms with Gasteiger partial charge in [0.2, 0.25) is 0 Å². The van der Waals surface area contributed by atoms with E-state index in [2.05, 4.69) is 25.7 Å². The van der Waals surface area contributed by atoms with Gasteiger partial charge in [0, 0.05) is 6.04 Å². The van der Waals surface area contributed by atoms with Crippen LogP contribution < -0.4 is 5.32 Å². The number of rotatable bonds is 8. The third-order valence-corrected chi connectivity index (χ3v) is 3.55. The van der Waals surface area contributed by atoms with Crippen molar-refractivity contribution in [2.45, 2.75) is 44.7 Å². The van der Waals surface area contributed by atoms with E-state index in [0.29, 0.717) is 12.3 Å². The van der Waals surface area contributed by atoms with Gasteiger partial charge in [-0.05, 0) is 24.3 Å². The first-order valence-electron chi connectivity index (χ1n) is 7.25. The third-order valence-electron chi connectivity index (χ3n) is 3.07. The summed E-state index contributed by atoms with van der Waals surface area (Å²) >= 11 is 6.31. The Hall–Kier alpha value is -1.48. The van der Waals surface area contributed by atoms with Crippen LogP contribution in [0.15, 0.2) is 43.0 Å². The Morgan fingerprint density at radius 1 is 1.38 bits per heavy atom. The van der Waals surface area contributed by atoms with Gasteiger partial charge in [0.25, 0.3) is 0 Å². The van der Waals surface area contributed by atoms with E-state index in [4.69, 9.17) is 16.3 Å². The standard InChI is InChI=1S/C17H24ClNO2/c1-4-8-15(18)16(11-13(2)3)19-17(20)21-12-14-9-6-5-7-10-14/h4-7,9-10,13,15-16H,1,8,11-12H2,2-3H3,(H,19,20)/t15-,16-/m1/s1. The van der Waals surface area contributed by atoms with Gasteiger partial charge < -0.3 is 10.1 Å². The summed E-state index contributed by atoms with van der Waals surface area (Å²) in [7, 11) is 0. The number of benzene rings is 1. The van der Waals surface area contributed by atoms with E-state index >= 15 is 0 Å². The molecule has 0 bridgehead atoms. The highest BCUT2D eigenvalue weighted by molar-refractivity contribution is 6.21. The van der Waals surface area contributed by atoms with E-state index in [1.54, 1.807) is 6.08 Å². The first-order valence-corrected chi connectivity index (χ1v) is 7.68. The van der Waals surface area contributed by atoms with Gasteiger partial charge in [0.05, 0.1) is 5.38 Å². The number of hydrogen-bond acceptors (Lipinski definition) is 2. The molecule has 3 nitrogen and oxygen atoms in total. The van der Waals surface area contributed by atoms with E-state index in [0.717, 1.165) is 12.0 Å². The number of alkyl halides is 1. The van der Waals surface area contributed by atoms with Crippen LogP contribution in [0.5, 0.6) is 0 Å². The first-order chi connectivity index (χ1) is 10.0. The molecule has 0 aliphatic heterocycles. The Morgan fingerprint density at radius 2 is 2.05 bits per heavy atom. The molecule has 0 aliphatic rings. The van der Waals surface area contributed by atoms with Crippen molar-refractivity contribution in [2.75, 3.05) is 0 Å². The molecule has 0 heterocycles. The van der Waals surface area contributed by atoms with Crippen LogP contribution in [0.1, 0.15) is 32.3 Å². The molecule has 116 valence electrons. The van der Waals surface area contributed by atoms with Crippen molar-refractivity contribution in [3.8, 4) is 0 Å². The number of carbonyl (C=O) groups is 1. The number of carbonyl (C=O) groups excluding carboxylic acids is 1. The normalized spacial score (nSPS) is 13.5. The monoisotopic (exact) mass is 309 g/mol. The Balaban J connectivity index is 2.49. The van der Waals surface area contributed by atoms with Crippen molar-refractivity contribution in [3.05, 3.63) is 48.6 Å². The molecule has 1 aromatic carbocycles. The fraction of sp³-hybridized carbons (Fsp3) is 0.471. The van der Waals surface area contributed by atoms with Gasteiger partial charge in [-0.15, -0.1) is 18.2 Å². The molecule has 1 N–H and O–H groups in total. The Labute approximate surface area is 132 Å². The Bertz CT molecular complexity index is 434. The summed E-state index contributed by atoms with van der Waals surface area (Å²) in [6, 6.07) is 9.47. The van der Waals surface area contributed by atoms with E-state index in [-0.39, 0.29) is 18.0 Å². The third kappa shape index (κ3) is 7.19. The van der Waals surface area contributed by atoms with Gasteiger partial charge in [-0.1, -0.05) is 50.3 Å². The van der Waals surface area contributed by atoms with Crippen molar-refractivity contribution in [3.63, 3.8) is 0 Å². The molecule has 0 aromatic heterocycles. The average molecular weight is 310 g/mol. The summed E-state index contributed by atoms with van der Waals surface area (Å²) in [5.41, 5.74) is 0.960. The minimum Gasteiger partial charge on any atom is -0.445 e. The van der Waals surface area contributed by atoms with E-state index in [1.807, 2.05) is 30.3 Å². The number of halogens is 1. The molecular formula is C17H24ClNO2. The average Bonchev–Trinajstić information content (AvgIpc) is 2.45. The quantitative estimate of drug-likeness (QED) is 0.566. The zero-order valence-electron chi connectivity index (χ0n) is 12.7. The van der Waals surface area contributed by atoms with Crippen molar-refractivity contribution >= 4 is 17.7 Å². The van der Waals surface area contributed by atoms with Gasteiger partial charge in [-0.3, -0.25) is 0 Å². The Kier molecular flexibility index (Phi) is 7.91. The van der Waals surface area contributed by atoms with Crippen molar-refractivity contribution < 1.29 is 9.53 Å². The summed E-state index contributed by atoms with van der Waals surface area (Å²) in [5.74, 6) is 0.440. The first kappa shape index (κ1) is 17.6. The predicted molar refractivity (Wildman–Crippen MR) is 87.5 cm³/mol. The molecule has 0 aliphatic carbocycles. The van der Waals surface area contributed by atoms with Gasteiger partial charge in [0.15, 0.2) is 0 Å². The summed E-state index contributed by atoms with van der Waals surface area (Å²) in [6.07, 6.45) is 2.79. The van der Waals surface area contributed by atoms with Crippen LogP contribution in [0.4, 0.5) is 4.79 Å². The lowest BCUT2D eigenvalue weighted by molar-refractivity contribution is 0.134. The van der Waals surface area contributed by atoms with Crippen LogP contribution in [-0.4, -0.2) is 17.5 Å². The fourth-order valence-corrected chi connectivity index (χ4v) is 2.34. The lowest BCUT2D eigenvalue weighted by atomic mass is 9.99. The summed E-state index contributed by atoms with van der Waals surface area (Å²) in [4.78, 5) is 11.9. The highest BCUT2D eigenvalue weighted by atomic mass is 35.5. The van der Waals surface area contributed by atoms with E-state index in [1.165, 1.54) is 0 Å². The molecule has 21 heavy (non-hydrogen) atoms. The lowest BCUT2D eigenvalue weighted by Crippen LogP contribution is -2.42. The lowest BCUT2D eigenvalue weighted by Gasteiger charge is -2.24. The number of hydrogen-bond donors (Lipinski definition) is 1. The summed E-state index contributed by atoms with van der Waals surface area (Å²) in [5, 5.41) is 2.69. The van der Waals surface area contributed by atoms with Gasteiger partial charge in [0.1, 0.15) is 6.61 Å². The number of allylic oxidation sites excluding steroid dienone is 1. The van der Waals surface area contributed by atoms with Crippen LogP contribution in [0.3, 0.4) is 0 Å². The smallest absolute Gasteiger partial charge is 0.407 e. The molecule has 2 atom stereocenters. The van der Waals surface area contributed by atoms with Crippen LogP contribution >= 0.6 is 11.6 Å². The van der Waals surface area contributed by atoms with Crippen molar-refractivity contribution in [1.29, 1.82) is 0 Å². The van der Waals surface area contributed by atoms with Gasteiger partial charge in [-0.25, -0.2) is 4.79 Å². The molecule has 4 heteroatoms. The second kappa shape index (κ2) is 9.46. The van der Waals surface area contributed by atoms with E-state index in [9.17, 15) is 4.79 Å². The largest absolute Gasteiger partial charge is 0.445 e. The summed E-state index contributed by atoms with van der Waals surface area (Å²) in [6.45, 7) is 8.15. The number of amides is 1. The minimum absolute atomic E-state index is 0.118. The maximum atomic E-state index is 11.9.